The van der Waals surface area contributed by atoms with Gasteiger partial charge in [0.1, 0.15) is 5.75 Å². The van der Waals surface area contributed by atoms with Crippen LogP contribution in [0, 0.1) is 0 Å². The largest absolute Gasteiger partial charge is 0.484 e. The fraction of sp³-hybridized carbons (Fsp3) is 0.154. The second-order valence-corrected chi connectivity index (χ2v) is 8.50. The Morgan fingerprint density at radius 1 is 1.00 bits per heavy atom. The first-order valence-electron chi connectivity index (χ1n) is 10.5. The van der Waals surface area contributed by atoms with Gasteiger partial charge in [0, 0.05) is 29.2 Å². The van der Waals surface area contributed by atoms with Crippen LogP contribution in [0.2, 0.25) is 10.0 Å². The van der Waals surface area contributed by atoms with Gasteiger partial charge in [0.2, 0.25) is 0 Å². The molecule has 0 radical (unpaired) electrons. The molecule has 0 saturated carbocycles. The van der Waals surface area contributed by atoms with Gasteiger partial charge in [-0.1, -0.05) is 53.5 Å². The van der Waals surface area contributed by atoms with Gasteiger partial charge in [0.05, 0.1) is 29.8 Å². The Morgan fingerprint density at radius 3 is 2.53 bits per heavy atom. The third-order valence-corrected chi connectivity index (χ3v) is 5.82. The number of anilines is 1. The lowest BCUT2D eigenvalue weighted by Crippen LogP contribution is -2.20. The lowest BCUT2D eigenvalue weighted by molar-refractivity contribution is -0.139. The summed E-state index contributed by atoms with van der Waals surface area (Å²) in [5.74, 6) is -0.131. The van der Waals surface area contributed by atoms with Crippen LogP contribution in [0.25, 0.3) is 10.9 Å². The van der Waals surface area contributed by atoms with Crippen LogP contribution in [0.1, 0.15) is 11.1 Å². The van der Waals surface area contributed by atoms with E-state index in [2.05, 4.69) is 9.88 Å². The standard InChI is InChI=1S/C26H22Cl2N2O4/c1-33-26(32)11-18-15-30(14-17-5-3-2-4-6-17)24-13-20(8-9-21(18)24)34-16-25(31)29-23-10-7-19(27)12-22(23)28/h2-10,12-13,15H,11,14,16H2,1H3,(H,29,31). The van der Waals surface area contributed by atoms with Crippen molar-refractivity contribution in [2.75, 3.05) is 19.0 Å². The summed E-state index contributed by atoms with van der Waals surface area (Å²) in [5, 5.41) is 4.46. The van der Waals surface area contributed by atoms with Crippen LogP contribution in [0.5, 0.6) is 5.75 Å². The van der Waals surface area contributed by atoms with E-state index in [0.29, 0.717) is 28.0 Å². The molecule has 1 N–H and O–H groups in total. The van der Waals surface area contributed by atoms with E-state index in [1.54, 1.807) is 24.3 Å². The summed E-state index contributed by atoms with van der Waals surface area (Å²) in [6.45, 7) is 0.427. The van der Waals surface area contributed by atoms with Gasteiger partial charge in [-0.25, -0.2) is 0 Å². The van der Waals surface area contributed by atoms with Gasteiger partial charge in [-0.15, -0.1) is 0 Å². The molecule has 174 valence electrons. The van der Waals surface area contributed by atoms with Crippen LogP contribution in [-0.4, -0.2) is 30.2 Å². The number of carbonyl (C=O) groups is 2. The topological polar surface area (TPSA) is 69.6 Å². The normalized spacial score (nSPS) is 10.8. The zero-order chi connectivity index (χ0) is 24.1. The molecule has 0 spiro atoms. The van der Waals surface area contributed by atoms with E-state index in [9.17, 15) is 9.59 Å². The van der Waals surface area contributed by atoms with Crippen LogP contribution in [0.4, 0.5) is 5.69 Å². The zero-order valence-corrected chi connectivity index (χ0v) is 19.9. The first-order chi connectivity index (χ1) is 16.4. The average Bonchev–Trinajstić information content (AvgIpc) is 3.16. The number of ether oxygens (including phenoxy) is 2. The SMILES string of the molecule is COC(=O)Cc1cn(Cc2ccccc2)c2cc(OCC(=O)Nc3ccc(Cl)cc3Cl)ccc12. The summed E-state index contributed by atoms with van der Waals surface area (Å²) in [5.41, 5.74) is 3.33. The number of amides is 1. The lowest BCUT2D eigenvalue weighted by Gasteiger charge is -2.10. The zero-order valence-electron chi connectivity index (χ0n) is 18.4. The molecule has 1 amide bonds. The maximum absolute atomic E-state index is 12.4. The number of rotatable bonds is 8. The molecule has 4 rings (SSSR count). The molecule has 0 aliphatic rings. The quantitative estimate of drug-likeness (QED) is 0.316. The molecule has 1 heterocycles. The molecular weight excluding hydrogens is 475 g/mol. The van der Waals surface area contributed by atoms with Gasteiger partial charge in [-0.3, -0.25) is 9.59 Å². The van der Waals surface area contributed by atoms with E-state index in [1.807, 2.05) is 48.7 Å². The number of hydrogen-bond donors (Lipinski definition) is 1. The average molecular weight is 497 g/mol. The first kappa shape index (κ1) is 23.7. The number of nitrogens with one attached hydrogen (secondary N) is 1. The van der Waals surface area contributed by atoms with Crippen molar-refractivity contribution < 1.29 is 19.1 Å². The molecule has 0 unspecified atom stereocenters. The number of esters is 1. The van der Waals surface area contributed by atoms with Crippen molar-refractivity contribution in [1.82, 2.24) is 4.57 Å². The number of fused-ring (bicyclic) bond motifs is 1. The van der Waals surface area contributed by atoms with Crippen LogP contribution in [-0.2, 0) is 27.3 Å². The van der Waals surface area contributed by atoms with Gasteiger partial charge in [-0.05, 0) is 41.5 Å². The molecule has 4 aromatic rings. The van der Waals surface area contributed by atoms with E-state index < -0.39 is 0 Å². The third kappa shape index (κ3) is 5.71. The van der Waals surface area contributed by atoms with Crippen molar-refractivity contribution in [1.29, 1.82) is 0 Å². The third-order valence-electron chi connectivity index (χ3n) is 5.27. The second-order valence-electron chi connectivity index (χ2n) is 7.66. The highest BCUT2D eigenvalue weighted by Crippen LogP contribution is 2.28. The van der Waals surface area contributed by atoms with Crippen molar-refractivity contribution in [2.45, 2.75) is 13.0 Å². The molecule has 0 fully saturated rings. The van der Waals surface area contributed by atoms with Gasteiger partial charge >= 0.3 is 5.97 Å². The van der Waals surface area contributed by atoms with Crippen LogP contribution in [0.3, 0.4) is 0 Å². The van der Waals surface area contributed by atoms with Crippen LogP contribution < -0.4 is 10.1 Å². The number of nitrogens with zero attached hydrogens (tertiary/aromatic N) is 1. The highest BCUT2D eigenvalue weighted by Gasteiger charge is 2.14. The fourth-order valence-corrected chi connectivity index (χ4v) is 4.10. The Kier molecular flexibility index (Phi) is 7.40. The Balaban J connectivity index is 1.54. The van der Waals surface area contributed by atoms with E-state index in [-0.39, 0.29) is 24.9 Å². The lowest BCUT2D eigenvalue weighted by atomic mass is 10.1. The summed E-state index contributed by atoms with van der Waals surface area (Å²) in [6.07, 6.45) is 2.12. The first-order valence-corrected chi connectivity index (χ1v) is 11.3. The van der Waals surface area contributed by atoms with Gasteiger partial charge in [-0.2, -0.15) is 0 Å². The highest BCUT2D eigenvalue weighted by atomic mass is 35.5. The van der Waals surface area contributed by atoms with Crippen molar-refractivity contribution in [3.8, 4) is 5.75 Å². The summed E-state index contributed by atoms with van der Waals surface area (Å²) >= 11 is 12.0. The number of halogens is 2. The highest BCUT2D eigenvalue weighted by molar-refractivity contribution is 6.36. The summed E-state index contributed by atoms with van der Waals surface area (Å²) < 4.78 is 12.7. The maximum Gasteiger partial charge on any atom is 0.310 e. The van der Waals surface area contributed by atoms with Crippen molar-refractivity contribution in [3.63, 3.8) is 0 Å². The number of methoxy groups -OCH3 is 1. The Morgan fingerprint density at radius 2 is 1.79 bits per heavy atom. The minimum Gasteiger partial charge on any atom is -0.484 e. The number of aromatic nitrogens is 1. The molecule has 0 aliphatic heterocycles. The molecule has 0 aliphatic carbocycles. The van der Waals surface area contributed by atoms with Gasteiger partial charge in [0.25, 0.3) is 5.91 Å². The minimum atomic E-state index is -0.352. The van der Waals surface area contributed by atoms with Gasteiger partial charge < -0.3 is 19.4 Å². The summed E-state index contributed by atoms with van der Waals surface area (Å²) in [7, 11) is 1.37. The van der Waals surface area contributed by atoms with Crippen molar-refractivity contribution >= 4 is 51.7 Å². The predicted octanol–water partition coefficient (Wildman–Crippen LogP) is 5.73. The molecule has 34 heavy (non-hydrogen) atoms. The number of carbonyl (C=O) groups excluding carboxylic acids is 2. The van der Waals surface area contributed by atoms with Crippen molar-refractivity contribution in [2.24, 2.45) is 0 Å². The molecule has 6 nitrogen and oxygen atoms in total. The molecule has 8 heteroatoms. The summed E-state index contributed by atoms with van der Waals surface area (Å²) in [6, 6.07) is 20.4. The molecule has 0 saturated heterocycles. The smallest absolute Gasteiger partial charge is 0.310 e. The number of hydrogen-bond acceptors (Lipinski definition) is 4. The predicted molar refractivity (Wildman–Crippen MR) is 134 cm³/mol. The van der Waals surface area contributed by atoms with Crippen LogP contribution in [0.15, 0.2) is 72.9 Å². The van der Waals surface area contributed by atoms with E-state index in [4.69, 9.17) is 32.7 Å². The maximum atomic E-state index is 12.4. The Bertz CT molecular complexity index is 1340. The summed E-state index contributed by atoms with van der Waals surface area (Å²) in [4.78, 5) is 24.3. The van der Waals surface area contributed by atoms with E-state index in [1.165, 1.54) is 7.11 Å². The Hall–Kier alpha value is -3.48. The minimum absolute atomic E-state index is 0.166. The monoisotopic (exact) mass is 496 g/mol. The second kappa shape index (κ2) is 10.6. The molecular formula is C26H22Cl2N2O4. The molecule has 1 aromatic heterocycles. The molecule has 0 bridgehead atoms. The van der Waals surface area contributed by atoms with E-state index >= 15 is 0 Å². The molecule has 3 aromatic carbocycles. The Labute approximate surface area is 207 Å². The fourth-order valence-electron chi connectivity index (χ4n) is 3.64. The van der Waals surface area contributed by atoms with Crippen LogP contribution >= 0.6 is 23.2 Å². The van der Waals surface area contributed by atoms with Gasteiger partial charge in [0.15, 0.2) is 6.61 Å². The molecule has 0 atom stereocenters. The van der Waals surface area contributed by atoms with E-state index in [0.717, 1.165) is 22.0 Å². The van der Waals surface area contributed by atoms with Crippen molar-refractivity contribution in [3.05, 3.63) is 94.1 Å². The number of benzene rings is 3.